The van der Waals surface area contributed by atoms with Crippen LogP contribution in [0.4, 0.5) is 0 Å². The molecule has 2 unspecified atom stereocenters. The Balaban J connectivity index is 2.33. The van der Waals surface area contributed by atoms with Crippen molar-refractivity contribution < 1.29 is 5.11 Å². The van der Waals surface area contributed by atoms with E-state index in [-0.39, 0.29) is 12.1 Å². The first kappa shape index (κ1) is 15.9. The van der Waals surface area contributed by atoms with Crippen LogP contribution in [0, 0.1) is 5.92 Å². The summed E-state index contributed by atoms with van der Waals surface area (Å²) >= 11 is 0. The van der Waals surface area contributed by atoms with E-state index in [4.69, 9.17) is 0 Å². The molecular formula is C15H32N2O. The van der Waals surface area contributed by atoms with Crippen LogP contribution < -0.4 is 5.32 Å². The average Bonchev–Trinajstić information content (AvgIpc) is 2.62. The molecule has 1 aliphatic rings. The van der Waals surface area contributed by atoms with Crippen molar-refractivity contribution in [2.24, 2.45) is 5.92 Å². The fourth-order valence-electron chi connectivity index (χ4n) is 2.91. The molecule has 0 saturated carbocycles. The van der Waals surface area contributed by atoms with Gasteiger partial charge in [0.15, 0.2) is 0 Å². The molecular weight excluding hydrogens is 224 g/mol. The summed E-state index contributed by atoms with van der Waals surface area (Å²) in [7, 11) is 0. The smallest absolute Gasteiger partial charge is 0.0611 e. The number of aliphatic hydroxyl groups is 1. The molecule has 0 aliphatic carbocycles. The van der Waals surface area contributed by atoms with Gasteiger partial charge < -0.3 is 15.3 Å². The molecule has 2 atom stereocenters. The zero-order chi connectivity index (χ0) is 13.4. The van der Waals surface area contributed by atoms with Crippen molar-refractivity contribution >= 4 is 0 Å². The van der Waals surface area contributed by atoms with Crippen LogP contribution in [-0.2, 0) is 0 Å². The highest BCUT2D eigenvalue weighted by Gasteiger charge is 2.23. The van der Waals surface area contributed by atoms with Crippen LogP contribution in [0.25, 0.3) is 0 Å². The number of hydrogen-bond donors (Lipinski definition) is 2. The first-order valence-corrected chi connectivity index (χ1v) is 7.71. The highest BCUT2D eigenvalue weighted by molar-refractivity contribution is 4.83. The largest absolute Gasteiger partial charge is 0.394 e. The lowest BCUT2D eigenvalue weighted by Crippen LogP contribution is -2.48. The lowest BCUT2D eigenvalue weighted by atomic mass is 9.98. The first-order valence-electron chi connectivity index (χ1n) is 7.71. The van der Waals surface area contributed by atoms with E-state index in [0.717, 1.165) is 25.4 Å². The van der Waals surface area contributed by atoms with Crippen LogP contribution in [0.3, 0.4) is 0 Å². The van der Waals surface area contributed by atoms with Crippen molar-refractivity contribution in [1.82, 2.24) is 10.2 Å². The van der Waals surface area contributed by atoms with E-state index in [2.05, 4.69) is 31.0 Å². The summed E-state index contributed by atoms with van der Waals surface area (Å²) in [6, 6.07) is 0. The Morgan fingerprint density at radius 1 is 1.28 bits per heavy atom. The topological polar surface area (TPSA) is 35.5 Å². The van der Waals surface area contributed by atoms with Gasteiger partial charge >= 0.3 is 0 Å². The number of likely N-dealkylation sites (tertiary alicyclic amines) is 1. The van der Waals surface area contributed by atoms with Gasteiger partial charge in [-0.1, -0.05) is 20.3 Å². The van der Waals surface area contributed by atoms with Gasteiger partial charge in [-0.2, -0.15) is 0 Å². The van der Waals surface area contributed by atoms with Crippen molar-refractivity contribution in [1.29, 1.82) is 0 Å². The third kappa shape index (κ3) is 5.25. The van der Waals surface area contributed by atoms with E-state index < -0.39 is 0 Å². The van der Waals surface area contributed by atoms with Gasteiger partial charge in [0.1, 0.15) is 0 Å². The summed E-state index contributed by atoms with van der Waals surface area (Å²) in [5.74, 6) is 0.938. The molecule has 0 spiro atoms. The van der Waals surface area contributed by atoms with E-state index in [0.29, 0.717) is 0 Å². The maximum atomic E-state index is 9.50. The second kappa shape index (κ2) is 8.13. The monoisotopic (exact) mass is 256 g/mol. The van der Waals surface area contributed by atoms with Gasteiger partial charge in [0.2, 0.25) is 0 Å². The van der Waals surface area contributed by atoms with Crippen LogP contribution in [0.5, 0.6) is 0 Å². The molecule has 0 radical (unpaired) electrons. The quantitative estimate of drug-likeness (QED) is 0.733. The van der Waals surface area contributed by atoms with Gasteiger partial charge in [0.25, 0.3) is 0 Å². The molecule has 1 fully saturated rings. The molecule has 1 aliphatic heterocycles. The van der Waals surface area contributed by atoms with E-state index in [1.165, 1.54) is 38.8 Å². The zero-order valence-electron chi connectivity index (χ0n) is 12.5. The molecule has 3 nitrogen and oxygen atoms in total. The average molecular weight is 256 g/mol. The standard InChI is InChI=1S/C15H32N2O/c1-4-14-7-6-10-17(11-8-14)12-9-15(3,13-18)16-5-2/h14,16,18H,4-13H2,1-3H3. The SMILES string of the molecule is CCNC(C)(CO)CCN1CCCC(CC)CC1. The van der Waals surface area contributed by atoms with Crippen molar-refractivity contribution in [3.05, 3.63) is 0 Å². The molecule has 18 heavy (non-hydrogen) atoms. The minimum atomic E-state index is -0.106. The zero-order valence-corrected chi connectivity index (χ0v) is 12.5. The Labute approximate surface area is 113 Å². The lowest BCUT2D eigenvalue weighted by Gasteiger charge is -2.31. The molecule has 0 aromatic heterocycles. The molecule has 1 heterocycles. The Morgan fingerprint density at radius 3 is 2.67 bits per heavy atom. The fourth-order valence-corrected chi connectivity index (χ4v) is 2.91. The molecule has 2 N–H and O–H groups in total. The predicted molar refractivity (Wildman–Crippen MR) is 77.9 cm³/mol. The number of likely N-dealkylation sites (N-methyl/N-ethyl adjacent to an activating group) is 1. The Kier molecular flexibility index (Phi) is 7.20. The summed E-state index contributed by atoms with van der Waals surface area (Å²) in [4.78, 5) is 2.58. The van der Waals surface area contributed by atoms with Gasteiger partial charge in [0.05, 0.1) is 6.61 Å². The third-order valence-corrected chi connectivity index (χ3v) is 4.45. The van der Waals surface area contributed by atoms with Crippen molar-refractivity contribution in [3.8, 4) is 0 Å². The summed E-state index contributed by atoms with van der Waals surface area (Å²) in [5.41, 5.74) is -0.106. The fraction of sp³-hybridized carbons (Fsp3) is 1.00. The van der Waals surface area contributed by atoms with Gasteiger partial charge in [-0.3, -0.25) is 0 Å². The summed E-state index contributed by atoms with van der Waals surface area (Å²) < 4.78 is 0. The Hall–Kier alpha value is -0.120. The minimum absolute atomic E-state index is 0.106. The lowest BCUT2D eigenvalue weighted by molar-refractivity contribution is 0.147. The van der Waals surface area contributed by atoms with E-state index in [9.17, 15) is 5.11 Å². The molecule has 1 rings (SSSR count). The van der Waals surface area contributed by atoms with Gasteiger partial charge in [0, 0.05) is 5.54 Å². The van der Waals surface area contributed by atoms with Crippen molar-refractivity contribution in [3.63, 3.8) is 0 Å². The molecule has 3 heteroatoms. The van der Waals surface area contributed by atoms with Crippen molar-refractivity contribution in [2.45, 2.75) is 58.4 Å². The molecule has 108 valence electrons. The molecule has 0 aromatic carbocycles. The summed E-state index contributed by atoms with van der Waals surface area (Å²) in [6.07, 6.45) is 6.47. The van der Waals surface area contributed by atoms with Crippen LogP contribution in [0.15, 0.2) is 0 Å². The summed E-state index contributed by atoms with van der Waals surface area (Å²) in [6.45, 7) is 11.3. The number of nitrogens with zero attached hydrogens (tertiary/aromatic N) is 1. The maximum Gasteiger partial charge on any atom is 0.0611 e. The third-order valence-electron chi connectivity index (χ3n) is 4.45. The number of hydrogen-bond acceptors (Lipinski definition) is 3. The molecule has 0 aromatic rings. The Morgan fingerprint density at radius 2 is 2.06 bits per heavy atom. The second-order valence-corrected chi connectivity index (χ2v) is 6.05. The highest BCUT2D eigenvalue weighted by atomic mass is 16.3. The number of nitrogens with one attached hydrogen (secondary N) is 1. The van der Waals surface area contributed by atoms with E-state index in [1.807, 2.05) is 0 Å². The van der Waals surface area contributed by atoms with Crippen LogP contribution in [0.2, 0.25) is 0 Å². The van der Waals surface area contributed by atoms with Gasteiger partial charge in [-0.25, -0.2) is 0 Å². The Bertz CT molecular complexity index is 223. The highest BCUT2D eigenvalue weighted by Crippen LogP contribution is 2.21. The second-order valence-electron chi connectivity index (χ2n) is 6.05. The summed E-state index contributed by atoms with van der Waals surface area (Å²) in [5, 5.41) is 12.9. The number of aliphatic hydroxyl groups excluding tert-OH is 1. The van der Waals surface area contributed by atoms with E-state index in [1.54, 1.807) is 0 Å². The molecule has 1 saturated heterocycles. The van der Waals surface area contributed by atoms with E-state index >= 15 is 0 Å². The maximum absolute atomic E-state index is 9.50. The van der Waals surface area contributed by atoms with Gasteiger partial charge in [-0.05, 0) is 64.7 Å². The normalized spacial score (nSPS) is 25.7. The van der Waals surface area contributed by atoms with Crippen LogP contribution in [-0.4, -0.2) is 48.3 Å². The predicted octanol–water partition coefficient (Wildman–Crippen LogP) is 2.25. The van der Waals surface area contributed by atoms with Crippen LogP contribution >= 0.6 is 0 Å². The number of rotatable bonds is 7. The first-order chi connectivity index (χ1) is 8.63. The van der Waals surface area contributed by atoms with Gasteiger partial charge in [-0.15, -0.1) is 0 Å². The van der Waals surface area contributed by atoms with Crippen LogP contribution in [0.1, 0.15) is 52.9 Å². The molecule has 0 amide bonds. The molecule has 0 bridgehead atoms. The van der Waals surface area contributed by atoms with Crippen molar-refractivity contribution in [2.75, 3.05) is 32.8 Å². The minimum Gasteiger partial charge on any atom is -0.394 e.